The normalized spacial score (nSPS) is 18.6. The van der Waals surface area contributed by atoms with Crippen LogP contribution in [0.3, 0.4) is 0 Å². The molecule has 0 aromatic carbocycles. The third-order valence-electron chi connectivity index (χ3n) is 3.20. The summed E-state index contributed by atoms with van der Waals surface area (Å²) in [7, 11) is 0. The van der Waals surface area contributed by atoms with E-state index in [1.165, 1.54) is 4.90 Å². The molecular weight excluding hydrogens is 273 g/mol. The summed E-state index contributed by atoms with van der Waals surface area (Å²) in [5, 5.41) is 7.97. The van der Waals surface area contributed by atoms with Gasteiger partial charge in [0, 0.05) is 45.5 Å². The van der Waals surface area contributed by atoms with E-state index in [0.29, 0.717) is 45.8 Å². The Hall–Kier alpha value is -1.19. The number of hydrogen-bond acceptors (Lipinski definition) is 5. The van der Waals surface area contributed by atoms with E-state index in [1.807, 2.05) is 6.20 Å². The van der Waals surface area contributed by atoms with Gasteiger partial charge in [0.25, 0.3) is 0 Å². The van der Waals surface area contributed by atoms with Crippen molar-refractivity contribution in [1.29, 1.82) is 0 Å². The number of nitrogens with zero attached hydrogens (tertiary/aromatic N) is 5. The molecular formula is C11H19F3N6. The Labute approximate surface area is 115 Å². The molecule has 0 bridgehead atoms. The molecule has 20 heavy (non-hydrogen) atoms. The molecule has 0 radical (unpaired) electrons. The van der Waals surface area contributed by atoms with Crippen molar-refractivity contribution in [2.24, 2.45) is 5.73 Å². The Morgan fingerprint density at radius 3 is 2.40 bits per heavy atom. The zero-order chi connectivity index (χ0) is 14.6. The standard InChI is InChI=1S/C11H19F3N6/c12-11(13,14)9-19-5-3-18(4-6-19)7-10-8-20(2-1-15)17-16-10/h8H,1-7,9,15H2. The van der Waals surface area contributed by atoms with Gasteiger partial charge in [-0.05, 0) is 0 Å². The molecule has 0 amide bonds. The topological polar surface area (TPSA) is 63.2 Å². The van der Waals surface area contributed by atoms with Gasteiger partial charge in [-0.15, -0.1) is 5.10 Å². The average molecular weight is 292 g/mol. The second-order valence-electron chi connectivity index (χ2n) is 4.93. The fourth-order valence-corrected chi connectivity index (χ4v) is 2.24. The van der Waals surface area contributed by atoms with Gasteiger partial charge in [-0.3, -0.25) is 14.5 Å². The third kappa shape index (κ3) is 4.73. The van der Waals surface area contributed by atoms with E-state index in [2.05, 4.69) is 15.2 Å². The van der Waals surface area contributed by atoms with Crippen LogP contribution < -0.4 is 5.73 Å². The molecule has 1 saturated heterocycles. The molecule has 6 nitrogen and oxygen atoms in total. The third-order valence-corrected chi connectivity index (χ3v) is 3.20. The van der Waals surface area contributed by atoms with Crippen LogP contribution in [0.5, 0.6) is 0 Å². The SMILES string of the molecule is NCCn1cc(CN2CCN(CC(F)(F)F)CC2)nn1. The first-order chi connectivity index (χ1) is 9.46. The Bertz CT molecular complexity index is 411. The lowest BCUT2D eigenvalue weighted by atomic mass is 10.3. The largest absolute Gasteiger partial charge is 0.401 e. The van der Waals surface area contributed by atoms with Crippen LogP contribution in [0.2, 0.25) is 0 Å². The van der Waals surface area contributed by atoms with E-state index in [-0.39, 0.29) is 0 Å². The Kier molecular flexibility index (Phi) is 4.95. The molecule has 0 aliphatic carbocycles. The van der Waals surface area contributed by atoms with E-state index in [9.17, 15) is 13.2 Å². The summed E-state index contributed by atoms with van der Waals surface area (Å²) in [6.07, 6.45) is -2.29. The van der Waals surface area contributed by atoms with Gasteiger partial charge in [0.1, 0.15) is 0 Å². The van der Waals surface area contributed by atoms with Gasteiger partial charge < -0.3 is 5.73 Å². The highest BCUT2D eigenvalue weighted by Gasteiger charge is 2.32. The van der Waals surface area contributed by atoms with Crippen molar-refractivity contribution in [1.82, 2.24) is 24.8 Å². The summed E-state index contributed by atoms with van der Waals surface area (Å²) in [5.74, 6) is 0. The summed E-state index contributed by atoms with van der Waals surface area (Å²) < 4.78 is 38.5. The Morgan fingerprint density at radius 2 is 1.80 bits per heavy atom. The summed E-state index contributed by atoms with van der Waals surface area (Å²) in [4.78, 5) is 3.52. The van der Waals surface area contributed by atoms with Crippen molar-refractivity contribution < 1.29 is 13.2 Å². The van der Waals surface area contributed by atoms with E-state index in [0.717, 1.165) is 5.69 Å². The van der Waals surface area contributed by atoms with Crippen LogP contribution in [0.25, 0.3) is 0 Å². The maximum atomic E-state index is 12.3. The highest BCUT2D eigenvalue weighted by molar-refractivity contribution is 4.93. The van der Waals surface area contributed by atoms with Crippen molar-refractivity contribution >= 4 is 0 Å². The minimum atomic E-state index is -4.12. The van der Waals surface area contributed by atoms with Crippen molar-refractivity contribution in [2.45, 2.75) is 19.3 Å². The second-order valence-corrected chi connectivity index (χ2v) is 4.93. The fraction of sp³-hybridized carbons (Fsp3) is 0.818. The molecule has 0 spiro atoms. The lowest BCUT2D eigenvalue weighted by molar-refractivity contribution is -0.149. The minimum absolute atomic E-state index is 0.427. The van der Waals surface area contributed by atoms with Gasteiger partial charge in [-0.1, -0.05) is 5.21 Å². The summed E-state index contributed by atoms with van der Waals surface area (Å²) in [5.41, 5.74) is 6.25. The fourth-order valence-electron chi connectivity index (χ4n) is 2.24. The van der Waals surface area contributed by atoms with Crippen molar-refractivity contribution in [3.8, 4) is 0 Å². The molecule has 1 aromatic heterocycles. The van der Waals surface area contributed by atoms with Crippen LogP contribution in [0.15, 0.2) is 6.20 Å². The molecule has 0 atom stereocenters. The molecule has 1 aliphatic heterocycles. The molecule has 1 aliphatic rings. The average Bonchev–Trinajstić information content (AvgIpc) is 2.78. The zero-order valence-corrected chi connectivity index (χ0v) is 11.2. The molecule has 9 heteroatoms. The number of nitrogens with two attached hydrogens (primary N) is 1. The van der Waals surface area contributed by atoms with Crippen LogP contribution in [0.1, 0.15) is 5.69 Å². The number of halogens is 3. The van der Waals surface area contributed by atoms with Gasteiger partial charge in [0.15, 0.2) is 0 Å². The highest BCUT2D eigenvalue weighted by Crippen LogP contribution is 2.17. The van der Waals surface area contributed by atoms with E-state index in [1.54, 1.807) is 4.68 Å². The van der Waals surface area contributed by atoms with Gasteiger partial charge in [-0.25, -0.2) is 0 Å². The maximum Gasteiger partial charge on any atom is 0.401 e. The van der Waals surface area contributed by atoms with Gasteiger partial charge in [-0.2, -0.15) is 13.2 Å². The van der Waals surface area contributed by atoms with Crippen LogP contribution in [-0.2, 0) is 13.1 Å². The number of rotatable bonds is 5. The minimum Gasteiger partial charge on any atom is -0.329 e. The van der Waals surface area contributed by atoms with E-state index >= 15 is 0 Å². The first-order valence-electron chi connectivity index (χ1n) is 6.57. The van der Waals surface area contributed by atoms with Gasteiger partial charge in [0.2, 0.25) is 0 Å². The Balaban J connectivity index is 1.76. The molecule has 1 fully saturated rings. The van der Waals surface area contributed by atoms with Crippen molar-refractivity contribution in [3.05, 3.63) is 11.9 Å². The molecule has 1 aromatic rings. The molecule has 114 valence electrons. The number of aromatic nitrogens is 3. The summed E-state index contributed by atoms with van der Waals surface area (Å²) in [6.45, 7) is 2.98. The maximum absolute atomic E-state index is 12.3. The monoisotopic (exact) mass is 292 g/mol. The predicted octanol–water partition coefficient (Wildman–Crippen LogP) is -0.0833. The molecule has 2 N–H and O–H groups in total. The van der Waals surface area contributed by atoms with Crippen LogP contribution in [0, 0.1) is 0 Å². The smallest absolute Gasteiger partial charge is 0.329 e. The van der Waals surface area contributed by atoms with Gasteiger partial charge >= 0.3 is 6.18 Å². The zero-order valence-electron chi connectivity index (χ0n) is 11.2. The molecule has 0 unspecified atom stereocenters. The lowest BCUT2D eigenvalue weighted by Crippen LogP contribution is -2.48. The lowest BCUT2D eigenvalue weighted by Gasteiger charge is -2.34. The number of piperazine rings is 1. The van der Waals surface area contributed by atoms with Crippen LogP contribution in [-0.4, -0.2) is 70.2 Å². The second kappa shape index (κ2) is 6.51. The van der Waals surface area contributed by atoms with E-state index in [4.69, 9.17) is 5.73 Å². The summed E-state index contributed by atoms with van der Waals surface area (Å²) >= 11 is 0. The number of alkyl halides is 3. The molecule has 0 saturated carbocycles. The Morgan fingerprint density at radius 1 is 1.15 bits per heavy atom. The van der Waals surface area contributed by atoms with Crippen molar-refractivity contribution in [3.63, 3.8) is 0 Å². The van der Waals surface area contributed by atoms with E-state index < -0.39 is 12.7 Å². The van der Waals surface area contributed by atoms with Crippen molar-refractivity contribution in [2.75, 3.05) is 39.3 Å². The summed E-state index contributed by atoms with van der Waals surface area (Å²) in [6, 6.07) is 0. The van der Waals surface area contributed by atoms with Crippen LogP contribution >= 0.6 is 0 Å². The predicted molar refractivity (Wildman–Crippen MR) is 66.8 cm³/mol. The number of hydrogen-bond donors (Lipinski definition) is 1. The quantitative estimate of drug-likeness (QED) is 0.822. The first-order valence-corrected chi connectivity index (χ1v) is 6.57. The highest BCUT2D eigenvalue weighted by atomic mass is 19.4. The molecule has 2 heterocycles. The molecule has 2 rings (SSSR count). The van der Waals surface area contributed by atoms with Gasteiger partial charge in [0.05, 0.1) is 18.8 Å². The van der Waals surface area contributed by atoms with Crippen LogP contribution in [0.4, 0.5) is 13.2 Å². The first kappa shape index (κ1) is 15.2.